The largest absolute Gasteiger partial charge is 0.497 e. The van der Waals surface area contributed by atoms with Gasteiger partial charge in [0.25, 0.3) is 11.6 Å². The summed E-state index contributed by atoms with van der Waals surface area (Å²) in [6.07, 6.45) is 1.32. The first-order valence-corrected chi connectivity index (χ1v) is 7.86. The van der Waals surface area contributed by atoms with E-state index in [0.29, 0.717) is 17.1 Å². The summed E-state index contributed by atoms with van der Waals surface area (Å²) >= 11 is 5.96. The topological polar surface area (TPSA) is 114 Å². The van der Waals surface area contributed by atoms with E-state index >= 15 is 0 Å². The Bertz CT molecular complexity index is 966. The molecule has 27 heavy (non-hydrogen) atoms. The van der Waals surface area contributed by atoms with Gasteiger partial charge in [0.15, 0.2) is 0 Å². The van der Waals surface area contributed by atoms with E-state index in [4.69, 9.17) is 21.1 Å². The molecule has 0 aliphatic heterocycles. The molecule has 1 amide bonds. The molecule has 0 fully saturated rings. The van der Waals surface area contributed by atoms with Crippen LogP contribution in [0.1, 0.15) is 5.56 Å². The lowest BCUT2D eigenvalue weighted by atomic mass is 10.1. The van der Waals surface area contributed by atoms with Crippen LogP contribution in [0.2, 0.25) is 5.02 Å². The van der Waals surface area contributed by atoms with Gasteiger partial charge in [-0.1, -0.05) is 11.6 Å². The fraction of sp³-hybridized carbons (Fsp3) is 0.111. The van der Waals surface area contributed by atoms with Gasteiger partial charge in [-0.05, 0) is 30.3 Å². The highest BCUT2D eigenvalue weighted by Crippen LogP contribution is 2.28. The predicted molar refractivity (Wildman–Crippen MR) is 99.9 cm³/mol. The van der Waals surface area contributed by atoms with Crippen molar-refractivity contribution in [2.75, 3.05) is 19.5 Å². The molecule has 0 saturated heterocycles. The number of nitrogens with zero attached hydrogens (tertiary/aromatic N) is 2. The summed E-state index contributed by atoms with van der Waals surface area (Å²) in [6.45, 7) is 0. The molecular weight excluding hydrogens is 374 g/mol. The first-order valence-electron chi connectivity index (χ1n) is 7.48. The number of anilines is 1. The van der Waals surface area contributed by atoms with Gasteiger partial charge in [0, 0.05) is 17.7 Å². The van der Waals surface area contributed by atoms with Crippen molar-refractivity contribution in [2.45, 2.75) is 0 Å². The molecule has 0 atom stereocenters. The Hall–Kier alpha value is -3.57. The maximum absolute atomic E-state index is 12.4. The van der Waals surface area contributed by atoms with Crippen LogP contribution in [0.5, 0.6) is 11.5 Å². The van der Waals surface area contributed by atoms with Crippen LogP contribution in [0, 0.1) is 21.4 Å². The summed E-state index contributed by atoms with van der Waals surface area (Å²) in [5, 5.41) is 22.7. The fourth-order valence-electron chi connectivity index (χ4n) is 2.17. The van der Waals surface area contributed by atoms with Crippen LogP contribution < -0.4 is 14.8 Å². The molecule has 2 aromatic carbocycles. The third-order valence-electron chi connectivity index (χ3n) is 3.51. The summed E-state index contributed by atoms with van der Waals surface area (Å²) < 4.78 is 10.3. The lowest BCUT2D eigenvalue weighted by Gasteiger charge is -2.09. The smallest absolute Gasteiger partial charge is 0.271 e. The maximum Gasteiger partial charge on any atom is 0.271 e. The number of hydrogen-bond donors (Lipinski definition) is 1. The van der Waals surface area contributed by atoms with Crippen molar-refractivity contribution >= 4 is 35.0 Å². The van der Waals surface area contributed by atoms with Gasteiger partial charge in [0.05, 0.1) is 29.9 Å². The fourth-order valence-corrected chi connectivity index (χ4v) is 2.33. The number of nitro benzene ring substituents is 1. The molecule has 0 heterocycles. The number of hydrogen-bond acceptors (Lipinski definition) is 6. The number of rotatable bonds is 6. The average Bonchev–Trinajstić information content (AvgIpc) is 2.67. The molecular formula is C18H14ClN3O5. The first kappa shape index (κ1) is 19.8. The second kappa shape index (κ2) is 8.69. The predicted octanol–water partition coefficient (Wildman–Crippen LogP) is 3.81. The zero-order valence-corrected chi connectivity index (χ0v) is 15.1. The highest BCUT2D eigenvalue weighted by Gasteiger charge is 2.16. The van der Waals surface area contributed by atoms with Crippen molar-refractivity contribution < 1.29 is 19.2 Å². The van der Waals surface area contributed by atoms with Crippen LogP contribution in [0.25, 0.3) is 6.08 Å². The van der Waals surface area contributed by atoms with Gasteiger partial charge in [-0.2, -0.15) is 5.26 Å². The van der Waals surface area contributed by atoms with E-state index in [1.54, 1.807) is 24.3 Å². The van der Waals surface area contributed by atoms with Gasteiger partial charge in [-0.15, -0.1) is 0 Å². The maximum atomic E-state index is 12.4. The van der Waals surface area contributed by atoms with Crippen LogP contribution in [0.15, 0.2) is 42.0 Å². The number of halogens is 1. The number of ether oxygens (including phenoxy) is 2. The minimum Gasteiger partial charge on any atom is -0.497 e. The van der Waals surface area contributed by atoms with Gasteiger partial charge in [0.2, 0.25) is 0 Å². The molecule has 0 bridgehead atoms. The van der Waals surface area contributed by atoms with E-state index in [1.165, 1.54) is 32.4 Å². The van der Waals surface area contributed by atoms with Gasteiger partial charge in [0.1, 0.15) is 23.1 Å². The first-order chi connectivity index (χ1) is 12.9. The summed E-state index contributed by atoms with van der Waals surface area (Å²) in [6, 6.07) is 10.3. The minimum atomic E-state index is -0.773. The van der Waals surface area contributed by atoms with E-state index in [0.717, 1.165) is 6.07 Å². The third kappa shape index (κ3) is 4.74. The van der Waals surface area contributed by atoms with E-state index in [2.05, 4.69) is 5.32 Å². The second-order valence-electron chi connectivity index (χ2n) is 5.15. The van der Waals surface area contributed by atoms with E-state index in [1.807, 2.05) is 0 Å². The zero-order valence-electron chi connectivity index (χ0n) is 14.4. The van der Waals surface area contributed by atoms with Crippen molar-refractivity contribution in [3.63, 3.8) is 0 Å². The molecule has 0 aliphatic rings. The molecule has 0 spiro atoms. The summed E-state index contributed by atoms with van der Waals surface area (Å²) in [5.41, 5.74) is -0.0147. The van der Waals surface area contributed by atoms with E-state index < -0.39 is 10.8 Å². The molecule has 0 unspecified atom stereocenters. The van der Waals surface area contributed by atoms with E-state index in [-0.39, 0.29) is 22.0 Å². The van der Waals surface area contributed by atoms with Gasteiger partial charge >= 0.3 is 0 Å². The van der Waals surface area contributed by atoms with Crippen LogP contribution >= 0.6 is 11.6 Å². The lowest BCUT2D eigenvalue weighted by Crippen LogP contribution is -2.14. The summed E-state index contributed by atoms with van der Waals surface area (Å²) in [5.74, 6) is 0.177. The van der Waals surface area contributed by atoms with Crippen molar-refractivity contribution in [3.05, 3.63) is 62.7 Å². The van der Waals surface area contributed by atoms with Crippen LogP contribution in [0.4, 0.5) is 11.4 Å². The standard InChI is InChI=1S/C18H14ClN3O5/c1-26-14-4-6-17(27-2)11(8-14)7-12(10-20)18(23)21-16-9-13(22(24)25)3-5-15(16)19/h3-9H,1-2H3,(H,21,23)/b12-7+. The molecule has 2 aromatic rings. The van der Waals surface area contributed by atoms with Gasteiger partial charge in [-0.3, -0.25) is 14.9 Å². The number of carbonyl (C=O) groups excluding carboxylic acids is 1. The Kier molecular flexibility index (Phi) is 6.36. The monoisotopic (exact) mass is 387 g/mol. The summed E-state index contributed by atoms with van der Waals surface area (Å²) in [7, 11) is 2.94. The molecule has 8 nitrogen and oxygen atoms in total. The Balaban J connectivity index is 2.37. The number of nitriles is 1. The number of carbonyl (C=O) groups is 1. The molecule has 0 aromatic heterocycles. The highest BCUT2D eigenvalue weighted by atomic mass is 35.5. The molecule has 9 heteroatoms. The number of non-ortho nitro benzene ring substituents is 1. The normalized spacial score (nSPS) is 10.7. The number of methoxy groups -OCH3 is 2. The lowest BCUT2D eigenvalue weighted by molar-refractivity contribution is -0.384. The molecule has 0 aliphatic carbocycles. The summed E-state index contributed by atoms with van der Waals surface area (Å²) in [4.78, 5) is 22.7. The number of amides is 1. The Morgan fingerprint density at radius 3 is 2.59 bits per heavy atom. The van der Waals surface area contributed by atoms with Crippen molar-refractivity contribution in [1.29, 1.82) is 5.26 Å². The van der Waals surface area contributed by atoms with Crippen LogP contribution in [-0.4, -0.2) is 25.1 Å². The Labute approximate surface area is 159 Å². The molecule has 1 N–H and O–H groups in total. The highest BCUT2D eigenvalue weighted by molar-refractivity contribution is 6.34. The Morgan fingerprint density at radius 1 is 1.26 bits per heavy atom. The number of benzene rings is 2. The van der Waals surface area contributed by atoms with E-state index in [9.17, 15) is 20.2 Å². The molecule has 2 rings (SSSR count). The van der Waals surface area contributed by atoms with Crippen LogP contribution in [0.3, 0.4) is 0 Å². The molecule has 138 valence electrons. The van der Waals surface area contributed by atoms with Crippen LogP contribution in [-0.2, 0) is 4.79 Å². The number of nitro groups is 1. The third-order valence-corrected chi connectivity index (χ3v) is 3.84. The molecule has 0 radical (unpaired) electrons. The average molecular weight is 388 g/mol. The van der Waals surface area contributed by atoms with Crippen molar-refractivity contribution in [1.82, 2.24) is 0 Å². The number of nitrogens with one attached hydrogen (secondary N) is 1. The zero-order chi connectivity index (χ0) is 20.0. The van der Waals surface area contributed by atoms with Gasteiger partial charge in [-0.25, -0.2) is 0 Å². The SMILES string of the molecule is COc1ccc(OC)c(/C=C(\C#N)C(=O)Nc2cc([N+](=O)[O-])ccc2Cl)c1. The van der Waals surface area contributed by atoms with Crippen molar-refractivity contribution in [2.24, 2.45) is 0 Å². The molecule has 0 saturated carbocycles. The second-order valence-corrected chi connectivity index (χ2v) is 5.56. The van der Waals surface area contributed by atoms with Gasteiger partial charge < -0.3 is 14.8 Å². The Morgan fingerprint density at radius 2 is 2.00 bits per heavy atom. The quantitative estimate of drug-likeness (QED) is 0.349. The minimum absolute atomic E-state index is 0.0228. The van der Waals surface area contributed by atoms with Crippen molar-refractivity contribution in [3.8, 4) is 17.6 Å².